The zero-order valence-corrected chi connectivity index (χ0v) is 18.7. The van der Waals surface area contributed by atoms with E-state index in [0.29, 0.717) is 17.7 Å². The molecule has 2 aromatic carbocycles. The molecule has 10 heteroatoms. The van der Waals surface area contributed by atoms with Gasteiger partial charge in [0.05, 0.1) is 16.8 Å². The lowest BCUT2D eigenvalue weighted by molar-refractivity contribution is -0.137. The van der Waals surface area contributed by atoms with Crippen LogP contribution in [-0.4, -0.2) is 54.0 Å². The average Bonchev–Trinajstić information content (AvgIpc) is 2.78. The summed E-state index contributed by atoms with van der Waals surface area (Å²) in [6, 6.07) is 7.40. The Morgan fingerprint density at radius 2 is 1.79 bits per heavy atom. The molecule has 0 unspecified atom stereocenters. The van der Waals surface area contributed by atoms with Gasteiger partial charge in [-0.05, 0) is 50.4 Å². The summed E-state index contributed by atoms with van der Waals surface area (Å²) < 4.78 is 52.0. The predicted octanol–water partition coefficient (Wildman–Crippen LogP) is 4.50. The maximum atomic E-state index is 14.0. The molecule has 178 valence electrons. The Bertz CT molecular complexity index is 1250. The first kappa shape index (κ1) is 23.6. The molecule has 0 spiro atoms. The van der Waals surface area contributed by atoms with E-state index in [1.54, 1.807) is 18.2 Å². The third-order valence-corrected chi connectivity index (χ3v) is 5.67. The number of alkyl halides is 3. The number of fused-ring (bicyclic) bond motifs is 1. The number of nitrogens with zero attached hydrogens (tertiary/aromatic N) is 4. The number of carbonyl (C=O) groups excluding carboxylic acids is 1. The summed E-state index contributed by atoms with van der Waals surface area (Å²) in [7, 11) is 2.08. The lowest BCUT2D eigenvalue weighted by atomic mass is 10.1. The fourth-order valence-corrected chi connectivity index (χ4v) is 3.68. The van der Waals surface area contributed by atoms with Crippen molar-refractivity contribution in [2.75, 3.05) is 43.4 Å². The van der Waals surface area contributed by atoms with E-state index in [2.05, 4.69) is 32.1 Å². The second-order valence-corrected chi connectivity index (χ2v) is 8.19. The van der Waals surface area contributed by atoms with Crippen LogP contribution in [0.1, 0.15) is 16.8 Å². The lowest BCUT2D eigenvalue weighted by Gasteiger charge is -2.32. The standard InChI is InChI=1S/C24H23F4N5O/c1-15-19-14-18(6-7-21(19)31-23(29-15)33-11-9-32(2)10-12-33)30-22(34)8-4-16-3-5-17(13-20(16)25)24(26,27)28/h3-8,13-14H,9-12H2,1-2H3,(H,30,34). The molecule has 2 heterocycles. The molecule has 1 aliphatic rings. The lowest BCUT2D eigenvalue weighted by Crippen LogP contribution is -2.45. The normalized spacial score (nSPS) is 15.3. The highest BCUT2D eigenvalue weighted by molar-refractivity contribution is 6.03. The number of hydrogen-bond acceptors (Lipinski definition) is 5. The van der Waals surface area contributed by atoms with Crippen molar-refractivity contribution in [3.8, 4) is 0 Å². The number of aryl methyl sites for hydroxylation is 1. The zero-order chi connectivity index (χ0) is 24.5. The minimum Gasteiger partial charge on any atom is -0.338 e. The van der Waals surface area contributed by atoms with Crippen LogP contribution in [0.15, 0.2) is 42.5 Å². The van der Waals surface area contributed by atoms with Crippen molar-refractivity contribution in [1.29, 1.82) is 0 Å². The van der Waals surface area contributed by atoms with E-state index >= 15 is 0 Å². The van der Waals surface area contributed by atoms with Gasteiger partial charge in [0, 0.05) is 48.9 Å². The van der Waals surface area contributed by atoms with Crippen LogP contribution in [0.4, 0.5) is 29.2 Å². The number of aromatic nitrogens is 2. The predicted molar refractivity (Wildman–Crippen MR) is 123 cm³/mol. The van der Waals surface area contributed by atoms with Gasteiger partial charge in [-0.2, -0.15) is 13.2 Å². The van der Waals surface area contributed by atoms with Crippen molar-refractivity contribution in [2.24, 2.45) is 0 Å². The smallest absolute Gasteiger partial charge is 0.338 e. The highest BCUT2D eigenvalue weighted by Crippen LogP contribution is 2.30. The van der Waals surface area contributed by atoms with Crippen LogP contribution in [0.5, 0.6) is 0 Å². The molecule has 1 N–H and O–H groups in total. The number of halogens is 4. The van der Waals surface area contributed by atoms with Gasteiger partial charge in [-0.15, -0.1) is 0 Å². The molecule has 0 atom stereocenters. The van der Waals surface area contributed by atoms with Crippen molar-refractivity contribution < 1.29 is 22.4 Å². The molecule has 0 saturated carbocycles. The van der Waals surface area contributed by atoms with Gasteiger partial charge < -0.3 is 15.1 Å². The van der Waals surface area contributed by atoms with Crippen molar-refractivity contribution >= 4 is 34.5 Å². The molecule has 1 aromatic heterocycles. The Morgan fingerprint density at radius 3 is 2.47 bits per heavy atom. The molecule has 0 aliphatic carbocycles. The Kier molecular flexibility index (Phi) is 6.52. The quantitative estimate of drug-likeness (QED) is 0.447. The van der Waals surface area contributed by atoms with Gasteiger partial charge in [0.25, 0.3) is 0 Å². The average molecular weight is 473 g/mol. The van der Waals surface area contributed by atoms with E-state index in [1.807, 2.05) is 6.92 Å². The fraction of sp³-hybridized carbons (Fsp3) is 0.292. The van der Waals surface area contributed by atoms with Gasteiger partial charge in [0.2, 0.25) is 11.9 Å². The minimum absolute atomic E-state index is 0.123. The zero-order valence-electron chi connectivity index (χ0n) is 18.7. The van der Waals surface area contributed by atoms with Gasteiger partial charge in [-0.25, -0.2) is 14.4 Å². The molecule has 4 rings (SSSR count). The van der Waals surface area contributed by atoms with E-state index in [-0.39, 0.29) is 5.56 Å². The van der Waals surface area contributed by atoms with Crippen molar-refractivity contribution in [2.45, 2.75) is 13.1 Å². The van der Waals surface area contributed by atoms with Crippen LogP contribution >= 0.6 is 0 Å². The number of anilines is 2. The summed E-state index contributed by atoms with van der Waals surface area (Å²) in [5.41, 5.74) is 0.812. The highest BCUT2D eigenvalue weighted by Gasteiger charge is 2.31. The fourth-order valence-electron chi connectivity index (χ4n) is 3.68. The topological polar surface area (TPSA) is 61.4 Å². The monoisotopic (exact) mass is 473 g/mol. The number of nitrogens with one attached hydrogen (secondary N) is 1. The van der Waals surface area contributed by atoms with Crippen LogP contribution in [0.2, 0.25) is 0 Å². The molecule has 6 nitrogen and oxygen atoms in total. The first-order valence-electron chi connectivity index (χ1n) is 10.7. The summed E-state index contributed by atoms with van der Waals surface area (Å²) in [6.45, 7) is 5.45. The van der Waals surface area contributed by atoms with Gasteiger partial charge in [0.15, 0.2) is 0 Å². The minimum atomic E-state index is -4.64. The Balaban J connectivity index is 1.47. The van der Waals surface area contributed by atoms with Gasteiger partial charge in [-0.1, -0.05) is 6.07 Å². The van der Waals surface area contributed by atoms with Gasteiger partial charge in [0.1, 0.15) is 5.82 Å². The SMILES string of the molecule is Cc1nc(N2CCN(C)CC2)nc2ccc(NC(=O)C=Cc3ccc(C(F)(F)F)cc3F)cc12. The molecule has 1 aliphatic heterocycles. The molecule has 1 saturated heterocycles. The Labute approximate surface area is 193 Å². The Morgan fingerprint density at radius 1 is 1.06 bits per heavy atom. The van der Waals surface area contributed by atoms with Gasteiger partial charge in [-0.3, -0.25) is 4.79 Å². The number of amides is 1. The first-order valence-corrected chi connectivity index (χ1v) is 10.7. The van der Waals surface area contributed by atoms with E-state index in [9.17, 15) is 22.4 Å². The molecule has 1 fully saturated rings. The molecule has 0 radical (unpaired) electrons. The van der Waals surface area contributed by atoms with Crippen LogP contribution in [0.25, 0.3) is 17.0 Å². The number of piperazine rings is 1. The summed E-state index contributed by atoms with van der Waals surface area (Å²) >= 11 is 0. The maximum Gasteiger partial charge on any atom is 0.416 e. The number of hydrogen-bond donors (Lipinski definition) is 1. The van der Waals surface area contributed by atoms with E-state index < -0.39 is 23.5 Å². The number of rotatable bonds is 4. The van der Waals surface area contributed by atoms with Crippen LogP contribution in [0, 0.1) is 12.7 Å². The van der Waals surface area contributed by atoms with Crippen LogP contribution < -0.4 is 10.2 Å². The van der Waals surface area contributed by atoms with Crippen LogP contribution in [0.3, 0.4) is 0 Å². The second kappa shape index (κ2) is 9.38. The summed E-state index contributed by atoms with van der Waals surface area (Å²) in [6.07, 6.45) is -2.44. The van der Waals surface area contributed by atoms with Crippen molar-refractivity contribution in [3.63, 3.8) is 0 Å². The third kappa shape index (κ3) is 5.33. The van der Waals surface area contributed by atoms with Crippen molar-refractivity contribution in [3.05, 3.63) is 65.1 Å². The molecule has 34 heavy (non-hydrogen) atoms. The van der Waals surface area contributed by atoms with Crippen LogP contribution in [-0.2, 0) is 11.0 Å². The number of benzene rings is 2. The second-order valence-electron chi connectivity index (χ2n) is 8.19. The molecule has 1 amide bonds. The molecule has 0 bridgehead atoms. The number of carbonyl (C=O) groups is 1. The third-order valence-electron chi connectivity index (χ3n) is 5.67. The summed E-state index contributed by atoms with van der Waals surface area (Å²) in [5, 5.41) is 3.46. The highest BCUT2D eigenvalue weighted by atomic mass is 19.4. The van der Waals surface area contributed by atoms with E-state index in [0.717, 1.165) is 67.1 Å². The summed E-state index contributed by atoms with van der Waals surface area (Å²) in [4.78, 5) is 26.0. The van der Waals surface area contributed by atoms with Crippen molar-refractivity contribution in [1.82, 2.24) is 14.9 Å². The van der Waals surface area contributed by atoms with E-state index in [1.165, 1.54) is 0 Å². The molecular formula is C24H23F4N5O. The number of likely N-dealkylation sites (N-methyl/N-ethyl adjacent to an activating group) is 1. The molecule has 3 aromatic rings. The molecular weight excluding hydrogens is 450 g/mol. The Hall–Kier alpha value is -3.53. The summed E-state index contributed by atoms with van der Waals surface area (Å²) in [5.74, 6) is -0.934. The van der Waals surface area contributed by atoms with Gasteiger partial charge >= 0.3 is 6.18 Å². The van der Waals surface area contributed by atoms with E-state index in [4.69, 9.17) is 0 Å². The first-order chi connectivity index (χ1) is 16.1. The maximum absolute atomic E-state index is 14.0. The largest absolute Gasteiger partial charge is 0.416 e.